The van der Waals surface area contributed by atoms with Crippen LogP contribution in [0.5, 0.6) is 0 Å². The summed E-state index contributed by atoms with van der Waals surface area (Å²) in [5, 5.41) is 0.811. The van der Waals surface area contributed by atoms with Crippen molar-refractivity contribution in [2.24, 2.45) is 0 Å². The SMILES string of the molecule is Cc1ccc(-c2ccc(P=O)cc2)cc1. The summed E-state index contributed by atoms with van der Waals surface area (Å²) in [5.41, 5.74) is 3.60. The molecule has 0 spiro atoms. The lowest BCUT2D eigenvalue weighted by molar-refractivity contribution is 0.603. The Kier molecular flexibility index (Phi) is 2.94. The Labute approximate surface area is 91.0 Å². The standard InChI is InChI=1S/C13H11OP/c1-10-2-4-11(5-3-10)12-6-8-13(15-14)9-7-12/h2-9H,1H3. The van der Waals surface area contributed by atoms with E-state index in [0.717, 1.165) is 10.9 Å². The van der Waals surface area contributed by atoms with Gasteiger partial charge in [-0.2, -0.15) is 0 Å². The van der Waals surface area contributed by atoms with Crippen molar-refractivity contribution in [1.82, 2.24) is 0 Å². The van der Waals surface area contributed by atoms with Gasteiger partial charge >= 0.3 is 0 Å². The van der Waals surface area contributed by atoms with Crippen LogP contribution in [0.3, 0.4) is 0 Å². The van der Waals surface area contributed by atoms with Gasteiger partial charge in [-0.15, -0.1) is 0 Å². The maximum Gasteiger partial charge on any atom is 0.192 e. The number of benzene rings is 2. The predicted molar refractivity (Wildman–Crippen MR) is 63.9 cm³/mol. The Morgan fingerprint density at radius 3 is 1.73 bits per heavy atom. The van der Waals surface area contributed by atoms with E-state index < -0.39 is 0 Å². The van der Waals surface area contributed by atoms with Gasteiger partial charge in [-0.05, 0) is 30.2 Å². The molecule has 15 heavy (non-hydrogen) atoms. The van der Waals surface area contributed by atoms with Crippen molar-refractivity contribution in [3.05, 3.63) is 54.1 Å². The Morgan fingerprint density at radius 1 is 0.800 bits per heavy atom. The van der Waals surface area contributed by atoms with Crippen molar-refractivity contribution < 1.29 is 4.57 Å². The highest BCUT2D eigenvalue weighted by molar-refractivity contribution is 7.34. The molecule has 0 saturated heterocycles. The molecule has 0 atom stereocenters. The van der Waals surface area contributed by atoms with Gasteiger partial charge in [-0.25, -0.2) is 0 Å². The zero-order chi connectivity index (χ0) is 10.7. The lowest BCUT2D eigenvalue weighted by atomic mass is 10.0. The van der Waals surface area contributed by atoms with Crippen LogP contribution in [-0.4, -0.2) is 0 Å². The van der Waals surface area contributed by atoms with E-state index in [2.05, 4.69) is 31.2 Å². The van der Waals surface area contributed by atoms with E-state index in [4.69, 9.17) is 0 Å². The average Bonchev–Trinajstić information content (AvgIpc) is 2.30. The molecule has 0 amide bonds. The molecular weight excluding hydrogens is 203 g/mol. The van der Waals surface area contributed by atoms with Crippen LogP contribution < -0.4 is 5.30 Å². The second-order valence-corrected chi connectivity index (χ2v) is 4.20. The van der Waals surface area contributed by atoms with Crippen molar-refractivity contribution >= 4 is 13.8 Å². The first-order valence-corrected chi connectivity index (χ1v) is 5.61. The van der Waals surface area contributed by atoms with Crippen LogP contribution in [0, 0.1) is 6.92 Å². The third-order valence-electron chi connectivity index (χ3n) is 2.36. The molecule has 0 radical (unpaired) electrons. The Morgan fingerprint density at radius 2 is 1.27 bits per heavy atom. The van der Waals surface area contributed by atoms with Crippen LogP contribution in [-0.2, 0) is 4.57 Å². The van der Waals surface area contributed by atoms with Gasteiger partial charge in [0, 0.05) is 5.30 Å². The lowest BCUT2D eigenvalue weighted by Gasteiger charge is -2.01. The maximum atomic E-state index is 10.6. The quantitative estimate of drug-likeness (QED) is 0.698. The summed E-state index contributed by atoms with van der Waals surface area (Å²) in [6.45, 7) is 2.07. The molecule has 0 saturated carbocycles. The molecule has 0 aliphatic heterocycles. The molecule has 0 bridgehead atoms. The fraction of sp³-hybridized carbons (Fsp3) is 0.0769. The van der Waals surface area contributed by atoms with Crippen molar-refractivity contribution in [2.45, 2.75) is 6.92 Å². The number of hydrogen-bond donors (Lipinski definition) is 0. The predicted octanol–water partition coefficient (Wildman–Crippen LogP) is 3.58. The average molecular weight is 214 g/mol. The minimum Gasteiger partial charge on any atom is -0.269 e. The molecule has 0 fully saturated rings. The molecule has 1 nitrogen and oxygen atoms in total. The highest BCUT2D eigenvalue weighted by Gasteiger charge is 1.97. The van der Waals surface area contributed by atoms with Gasteiger partial charge in [0.1, 0.15) is 0 Å². The molecule has 74 valence electrons. The molecule has 2 heteroatoms. The van der Waals surface area contributed by atoms with E-state index >= 15 is 0 Å². The highest BCUT2D eigenvalue weighted by Crippen LogP contribution is 2.19. The third-order valence-corrected chi connectivity index (χ3v) is 2.87. The largest absolute Gasteiger partial charge is 0.269 e. The van der Waals surface area contributed by atoms with Crippen molar-refractivity contribution in [3.63, 3.8) is 0 Å². The molecule has 0 aliphatic rings. The van der Waals surface area contributed by atoms with Crippen LogP contribution >= 0.6 is 8.46 Å². The molecule has 0 N–H and O–H groups in total. The molecule has 0 aliphatic carbocycles. The fourth-order valence-corrected chi connectivity index (χ4v) is 1.73. The molecule has 0 unspecified atom stereocenters. The number of hydrogen-bond acceptors (Lipinski definition) is 1. The van der Waals surface area contributed by atoms with E-state index in [1.807, 2.05) is 24.3 Å². The minimum absolute atomic E-state index is 0.0786. The van der Waals surface area contributed by atoms with Gasteiger partial charge < -0.3 is 0 Å². The zero-order valence-electron chi connectivity index (χ0n) is 8.47. The van der Waals surface area contributed by atoms with E-state index in [9.17, 15) is 4.57 Å². The smallest absolute Gasteiger partial charge is 0.192 e. The van der Waals surface area contributed by atoms with Gasteiger partial charge in [0.15, 0.2) is 8.46 Å². The lowest BCUT2D eigenvalue weighted by Crippen LogP contribution is -1.89. The second kappa shape index (κ2) is 4.37. The first-order valence-electron chi connectivity index (χ1n) is 4.80. The van der Waals surface area contributed by atoms with Gasteiger partial charge in [0.25, 0.3) is 0 Å². The summed E-state index contributed by atoms with van der Waals surface area (Å²) >= 11 is 0. The number of rotatable bonds is 2. The highest BCUT2D eigenvalue weighted by atomic mass is 31.1. The summed E-state index contributed by atoms with van der Waals surface area (Å²) in [6.07, 6.45) is 0. The van der Waals surface area contributed by atoms with Crippen molar-refractivity contribution in [2.75, 3.05) is 0 Å². The summed E-state index contributed by atoms with van der Waals surface area (Å²) in [4.78, 5) is 0. The van der Waals surface area contributed by atoms with Crippen LogP contribution in [0.1, 0.15) is 5.56 Å². The summed E-state index contributed by atoms with van der Waals surface area (Å²) in [5.74, 6) is 0. The molecule has 0 heterocycles. The summed E-state index contributed by atoms with van der Waals surface area (Å²) < 4.78 is 10.6. The van der Waals surface area contributed by atoms with Crippen molar-refractivity contribution in [3.8, 4) is 11.1 Å². The topological polar surface area (TPSA) is 17.1 Å². The molecule has 2 aromatic carbocycles. The van der Waals surface area contributed by atoms with Gasteiger partial charge in [-0.1, -0.05) is 42.0 Å². The van der Waals surface area contributed by atoms with E-state index in [1.54, 1.807) is 0 Å². The molecular formula is C13H11OP. The van der Waals surface area contributed by atoms with Crippen LogP contribution in [0.4, 0.5) is 0 Å². The van der Waals surface area contributed by atoms with Crippen molar-refractivity contribution in [1.29, 1.82) is 0 Å². The number of aryl methyl sites for hydroxylation is 1. The van der Waals surface area contributed by atoms with Gasteiger partial charge in [-0.3, -0.25) is 4.57 Å². The zero-order valence-corrected chi connectivity index (χ0v) is 9.37. The normalized spacial score (nSPS) is 10.5. The molecule has 0 aromatic heterocycles. The maximum absolute atomic E-state index is 10.6. The minimum atomic E-state index is 0.0786. The first-order chi connectivity index (χ1) is 7.29. The van der Waals surface area contributed by atoms with Crippen LogP contribution in [0.2, 0.25) is 0 Å². The van der Waals surface area contributed by atoms with E-state index in [-0.39, 0.29) is 8.46 Å². The second-order valence-electron chi connectivity index (χ2n) is 3.50. The fourth-order valence-electron chi connectivity index (χ4n) is 1.46. The Bertz CT molecular complexity index is 457. The van der Waals surface area contributed by atoms with E-state index in [1.165, 1.54) is 11.1 Å². The monoisotopic (exact) mass is 214 g/mol. The Hall–Kier alpha value is -1.46. The summed E-state index contributed by atoms with van der Waals surface area (Å²) in [6, 6.07) is 16.1. The van der Waals surface area contributed by atoms with E-state index in [0.29, 0.717) is 0 Å². The first kappa shape index (κ1) is 10.1. The molecule has 2 rings (SSSR count). The molecule has 2 aromatic rings. The van der Waals surface area contributed by atoms with Gasteiger partial charge in [0.05, 0.1) is 0 Å². The Balaban J connectivity index is 2.37. The third kappa shape index (κ3) is 2.31. The van der Waals surface area contributed by atoms with Crippen LogP contribution in [0.15, 0.2) is 48.5 Å². The summed E-state index contributed by atoms with van der Waals surface area (Å²) in [7, 11) is 0.0786. The van der Waals surface area contributed by atoms with Crippen LogP contribution in [0.25, 0.3) is 11.1 Å². The van der Waals surface area contributed by atoms with Gasteiger partial charge in [0.2, 0.25) is 0 Å².